The van der Waals surface area contributed by atoms with Crippen molar-refractivity contribution in [2.45, 2.75) is 58.9 Å². The summed E-state index contributed by atoms with van der Waals surface area (Å²) >= 11 is 1.20. The summed E-state index contributed by atoms with van der Waals surface area (Å²) in [5.41, 5.74) is 7.77. The number of amides is 2. The molecule has 0 unspecified atom stereocenters. The monoisotopic (exact) mass is 472 g/mol. The summed E-state index contributed by atoms with van der Waals surface area (Å²) in [5, 5.41) is 33.1. The van der Waals surface area contributed by atoms with Gasteiger partial charge in [0.1, 0.15) is 15.8 Å². The average Bonchev–Trinajstić information content (AvgIpc) is 3.00. The lowest BCUT2D eigenvalue weighted by atomic mass is 9.75. The van der Waals surface area contributed by atoms with Gasteiger partial charge in [0.15, 0.2) is 0 Å². The van der Waals surface area contributed by atoms with Gasteiger partial charge in [-0.05, 0) is 44.5 Å². The van der Waals surface area contributed by atoms with Crippen LogP contribution in [0.3, 0.4) is 0 Å². The van der Waals surface area contributed by atoms with Crippen molar-refractivity contribution in [3.63, 3.8) is 0 Å². The smallest absolute Gasteiger partial charge is 0.426 e. The Morgan fingerprint density at radius 2 is 1.94 bits per heavy atom. The number of nitrogens with zero attached hydrogens (tertiary/aromatic N) is 3. The van der Waals surface area contributed by atoms with Crippen LogP contribution in [-0.4, -0.2) is 68.7 Å². The molecule has 15 heteroatoms. The molecule has 0 radical (unpaired) electrons. The van der Waals surface area contributed by atoms with E-state index in [9.17, 15) is 24.5 Å². The minimum absolute atomic E-state index is 0.0925. The van der Waals surface area contributed by atoms with Gasteiger partial charge in [-0.25, -0.2) is 15.2 Å². The summed E-state index contributed by atoms with van der Waals surface area (Å²) in [5.74, 6) is -2.17. The summed E-state index contributed by atoms with van der Waals surface area (Å²) in [6.07, 6.45) is 0.778. The summed E-state index contributed by atoms with van der Waals surface area (Å²) in [6.45, 7) is 7.31. The van der Waals surface area contributed by atoms with Gasteiger partial charge in [-0.3, -0.25) is 9.59 Å². The number of thiazole rings is 1. The van der Waals surface area contributed by atoms with Crippen LogP contribution in [0.15, 0.2) is 4.99 Å². The standard InChI is InChI=1S/C17H30BN7O6S/c1-9(2)8-13(18(28)29)23-15(26)12(6-5-7-20-17(19)24-25(30)31)22-16(27)14-10(3)21-11(4)32-14/h9,12-13,28-29H,5-8H2,1-4H3,(H5-,19,20,22,23,24,26,27,30,31)/p+1/t12-,13-/m0/s1. The molecule has 1 rings (SSSR count). The third kappa shape index (κ3) is 9.57. The molecule has 0 aliphatic heterocycles. The molecule has 2 amide bonds. The lowest BCUT2D eigenvalue weighted by Crippen LogP contribution is -2.54. The number of hydrogen-bond acceptors (Lipinski definition) is 8. The van der Waals surface area contributed by atoms with Crippen LogP contribution in [-0.2, 0) is 4.79 Å². The average molecular weight is 472 g/mol. The summed E-state index contributed by atoms with van der Waals surface area (Å²) < 4.78 is 0. The van der Waals surface area contributed by atoms with Crippen molar-refractivity contribution in [1.29, 1.82) is 0 Å². The molecule has 2 atom stereocenters. The summed E-state index contributed by atoms with van der Waals surface area (Å²) in [4.78, 5) is 44.4. The van der Waals surface area contributed by atoms with Crippen LogP contribution in [0.1, 0.15) is 53.5 Å². The predicted octanol–water partition coefficient (Wildman–Crippen LogP) is -0.831. The zero-order valence-electron chi connectivity index (χ0n) is 18.5. The van der Waals surface area contributed by atoms with Crippen LogP contribution >= 0.6 is 11.3 Å². The zero-order valence-corrected chi connectivity index (χ0v) is 19.3. The van der Waals surface area contributed by atoms with Gasteiger partial charge in [-0.2, -0.15) is 0 Å². The number of aromatic nitrogens is 1. The topological polar surface area (TPSA) is 202 Å². The van der Waals surface area contributed by atoms with Gasteiger partial charge in [0.05, 0.1) is 16.6 Å². The number of aryl methyl sites for hydroxylation is 2. The number of nitrogens with one attached hydrogen (secondary N) is 3. The van der Waals surface area contributed by atoms with Crippen molar-refractivity contribution in [2.24, 2.45) is 16.6 Å². The molecule has 0 saturated heterocycles. The van der Waals surface area contributed by atoms with Crippen LogP contribution in [0.2, 0.25) is 0 Å². The Hall–Kier alpha value is -2.78. The minimum atomic E-state index is -1.76. The molecule has 178 valence electrons. The molecule has 1 aromatic rings. The Bertz CT molecular complexity index is 832. The van der Waals surface area contributed by atoms with Gasteiger partial charge >= 0.3 is 12.2 Å². The molecule has 0 aromatic carbocycles. The second kappa shape index (κ2) is 12.9. The Morgan fingerprint density at radius 1 is 1.28 bits per heavy atom. The fraction of sp³-hybridized carbons (Fsp3) is 0.647. The predicted molar refractivity (Wildman–Crippen MR) is 119 cm³/mol. The number of rotatable bonds is 12. The number of carbonyl (C=O) groups excluding carboxylic acids is 2. The van der Waals surface area contributed by atoms with E-state index in [1.165, 1.54) is 11.3 Å². The first kappa shape index (κ1) is 27.3. The number of carbonyl (C=O) groups is 2. The third-order valence-corrected chi connectivity index (χ3v) is 5.36. The first-order valence-electron chi connectivity index (χ1n) is 10.0. The summed E-state index contributed by atoms with van der Waals surface area (Å²) in [7, 11) is -1.76. The highest BCUT2D eigenvalue weighted by atomic mass is 32.1. The van der Waals surface area contributed by atoms with E-state index in [4.69, 9.17) is 10.9 Å². The van der Waals surface area contributed by atoms with Gasteiger partial charge in [-0.1, -0.05) is 13.8 Å². The number of hydrazine groups is 1. The molecule has 0 fully saturated rings. The maximum absolute atomic E-state index is 12.9. The summed E-state index contributed by atoms with van der Waals surface area (Å²) in [6, 6.07) is -0.990. The minimum Gasteiger partial charge on any atom is -0.426 e. The molecule has 0 bridgehead atoms. The SMILES string of the molecule is Cc1nc(C)c(C(=O)N[C@@H](CCCN=C(N)N[N+](=O)O)C(=O)N[C@@H](CC(C)C)B(O)O)s1. The normalized spacial score (nSPS) is 13.4. The zero-order chi connectivity index (χ0) is 24.4. The van der Waals surface area contributed by atoms with Crippen molar-refractivity contribution < 1.29 is 29.9 Å². The quantitative estimate of drug-likeness (QED) is 0.0666. The number of nitrogens with two attached hydrogens (primary N) is 1. The lowest BCUT2D eigenvalue weighted by molar-refractivity contribution is -0.822. The molecular weight excluding hydrogens is 441 g/mol. The molecule has 0 saturated carbocycles. The fourth-order valence-corrected chi connectivity index (χ4v) is 3.73. The van der Waals surface area contributed by atoms with Gasteiger partial charge in [0, 0.05) is 6.54 Å². The van der Waals surface area contributed by atoms with E-state index in [1.807, 2.05) is 19.3 Å². The van der Waals surface area contributed by atoms with Crippen molar-refractivity contribution >= 4 is 36.2 Å². The first-order chi connectivity index (χ1) is 14.9. The molecule has 0 spiro atoms. The molecule has 13 nitrogen and oxygen atoms in total. The second-order valence-electron chi connectivity index (χ2n) is 7.63. The van der Waals surface area contributed by atoms with Crippen LogP contribution in [0.5, 0.6) is 0 Å². The highest BCUT2D eigenvalue weighted by molar-refractivity contribution is 7.13. The van der Waals surface area contributed by atoms with Gasteiger partial charge in [-0.15, -0.1) is 11.3 Å². The third-order valence-electron chi connectivity index (χ3n) is 4.29. The lowest BCUT2D eigenvalue weighted by Gasteiger charge is -2.24. The highest BCUT2D eigenvalue weighted by Crippen LogP contribution is 2.17. The van der Waals surface area contributed by atoms with Gasteiger partial charge < -0.3 is 26.4 Å². The number of hydrogen-bond donors (Lipinski definition) is 7. The van der Waals surface area contributed by atoms with Crippen molar-refractivity contribution in [3.8, 4) is 0 Å². The van der Waals surface area contributed by atoms with Gasteiger partial charge in [0.25, 0.3) is 11.9 Å². The van der Waals surface area contributed by atoms with Crippen molar-refractivity contribution in [1.82, 2.24) is 21.0 Å². The van der Waals surface area contributed by atoms with Crippen LogP contribution < -0.4 is 21.8 Å². The van der Waals surface area contributed by atoms with Crippen molar-refractivity contribution in [3.05, 3.63) is 20.5 Å². The Morgan fingerprint density at radius 3 is 2.44 bits per heavy atom. The number of aliphatic imine (C=N–C) groups is 1. The van der Waals surface area contributed by atoms with E-state index in [2.05, 4.69) is 20.6 Å². The van der Waals surface area contributed by atoms with Crippen LogP contribution in [0.25, 0.3) is 0 Å². The molecule has 0 aliphatic carbocycles. The van der Waals surface area contributed by atoms with E-state index in [-0.39, 0.29) is 24.8 Å². The first-order valence-corrected chi connectivity index (χ1v) is 10.9. The van der Waals surface area contributed by atoms with E-state index >= 15 is 0 Å². The largest absolute Gasteiger partial charge is 0.475 e. The number of guanidine groups is 1. The fourth-order valence-electron chi connectivity index (χ4n) is 2.91. The molecule has 8 N–H and O–H groups in total. The molecule has 32 heavy (non-hydrogen) atoms. The van der Waals surface area contributed by atoms with E-state index in [0.717, 1.165) is 0 Å². The van der Waals surface area contributed by atoms with E-state index in [0.29, 0.717) is 28.4 Å². The Balaban J connectivity index is 2.90. The molecule has 1 aromatic heterocycles. The molecule has 1 heterocycles. The van der Waals surface area contributed by atoms with Crippen LogP contribution in [0, 0.1) is 24.7 Å². The Labute approximate surface area is 190 Å². The second-order valence-corrected chi connectivity index (χ2v) is 8.83. The molecule has 0 aliphatic rings. The maximum Gasteiger partial charge on any atom is 0.475 e. The van der Waals surface area contributed by atoms with Crippen molar-refractivity contribution in [2.75, 3.05) is 6.54 Å². The van der Waals surface area contributed by atoms with E-state index < -0.39 is 35.9 Å². The van der Waals surface area contributed by atoms with E-state index in [1.54, 1.807) is 13.8 Å². The molecular formula is C17H31BN7O6S+. The Kier molecular flexibility index (Phi) is 11.0. The maximum atomic E-state index is 12.9. The van der Waals surface area contributed by atoms with Gasteiger partial charge in [0.2, 0.25) is 5.91 Å². The highest BCUT2D eigenvalue weighted by Gasteiger charge is 2.30. The van der Waals surface area contributed by atoms with Crippen LogP contribution in [0.4, 0.5) is 0 Å².